The highest BCUT2D eigenvalue weighted by Crippen LogP contribution is 2.24. The number of aromatic amines is 1. The Balaban J connectivity index is 2.25. The number of rotatable bonds is 2. The van der Waals surface area contributed by atoms with Gasteiger partial charge in [0.05, 0.1) is 11.4 Å². The first-order chi connectivity index (χ1) is 9.66. The Labute approximate surface area is 117 Å². The first-order valence-corrected chi connectivity index (χ1v) is 6.61. The van der Waals surface area contributed by atoms with Gasteiger partial charge < -0.3 is 0 Å². The molecule has 3 heteroatoms. The molecule has 0 saturated heterocycles. The van der Waals surface area contributed by atoms with Gasteiger partial charge in [-0.1, -0.05) is 48.0 Å². The Bertz CT molecular complexity index is 780. The molecule has 0 aliphatic carbocycles. The first-order valence-electron chi connectivity index (χ1n) is 6.61. The van der Waals surface area contributed by atoms with Gasteiger partial charge in [-0.25, -0.2) is 0 Å². The molecule has 0 atom stereocenters. The van der Waals surface area contributed by atoms with Gasteiger partial charge in [0.15, 0.2) is 0 Å². The highest BCUT2D eigenvalue weighted by Gasteiger charge is 2.13. The smallest absolute Gasteiger partial charge is 0.267 e. The van der Waals surface area contributed by atoms with E-state index in [1.165, 1.54) is 5.56 Å². The molecular weight excluding hydrogens is 248 g/mol. The topological polar surface area (TPSA) is 37.8 Å². The van der Waals surface area contributed by atoms with Crippen molar-refractivity contribution in [2.45, 2.75) is 13.8 Å². The van der Waals surface area contributed by atoms with Crippen molar-refractivity contribution >= 4 is 0 Å². The maximum Gasteiger partial charge on any atom is 0.267 e. The van der Waals surface area contributed by atoms with Gasteiger partial charge in [-0.2, -0.15) is 0 Å². The third kappa shape index (κ3) is 2.07. The van der Waals surface area contributed by atoms with Gasteiger partial charge in [0.1, 0.15) is 0 Å². The molecule has 0 bridgehead atoms. The van der Waals surface area contributed by atoms with Crippen LogP contribution in [0.15, 0.2) is 59.4 Å². The zero-order valence-electron chi connectivity index (χ0n) is 11.6. The van der Waals surface area contributed by atoms with Crippen molar-refractivity contribution in [1.29, 1.82) is 0 Å². The van der Waals surface area contributed by atoms with Crippen molar-refractivity contribution in [3.63, 3.8) is 0 Å². The lowest BCUT2D eigenvalue weighted by atomic mass is 10.1. The van der Waals surface area contributed by atoms with Crippen LogP contribution in [0, 0.1) is 13.8 Å². The van der Waals surface area contributed by atoms with Gasteiger partial charge in [0.25, 0.3) is 5.56 Å². The molecule has 1 N–H and O–H groups in total. The lowest BCUT2D eigenvalue weighted by Gasteiger charge is -2.09. The number of hydrogen-bond donors (Lipinski definition) is 1. The highest BCUT2D eigenvalue weighted by atomic mass is 16.1. The molecule has 0 saturated carbocycles. The van der Waals surface area contributed by atoms with Gasteiger partial charge in [-0.3, -0.25) is 14.6 Å². The summed E-state index contributed by atoms with van der Waals surface area (Å²) in [6, 6.07) is 18.0. The van der Waals surface area contributed by atoms with Crippen molar-refractivity contribution in [2.24, 2.45) is 0 Å². The minimum absolute atomic E-state index is 0.0515. The fourth-order valence-electron chi connectivity index (χ4n) is 2.34. The molecule has 0 spiro atoms. The fourth-order valence-corrected chi connectivity index (χ4v) is 2.34. The molecule has 3 nitrogen and oxygen atoms in total. The number of aryl methyl sites for hydroxylation is 1. The Hall–Kier alpha value is -2.55. The fraction of sp³-hybridized carbons (Fsp3) is 0.118. The maximum atomic E-state index is 12.0. The van der Waals surface area contributed by atoms with E-state index in [1.807, 2.05) is 54.1 Å². The third-order valence-electron chi connectivity index (χ3n) is 3.47. The summed E-state index contributed by atoms with van der Waals surface area (Å²) < 4.78 is 1.85. The quantitative estimate of drug-likeness (QED) is 0.756. The summed E-state index contributed by atoms with van der Waals surface area (Å²) in [6.45, 7) is 3.91. The SMILES string of the molecule is Cc1ccc(-c2c(C)c(=O)[nH]n2-c2ccccc2)cc1. The molecule has 0 radical (unpaired) electrons. The number of H-pyrrole nitrogens is 1. The van der Waals surface area contributed by atoms with E-state index in [2.05, 4.69) is 24.2 Å². The zero-order valence-corrected chi connectivity index (χ0v) is 11.6. The minimum atomic E-state index is -0.0515. The van der Waals surface area contributed by atoms with E-state index in [1.54, 1.807) is 0 Å². The predicted molar refractivity (Wildman–Crippen MR) is 81.3 cm³/mol. The van der Waals surface area contributed by atoms with E-state index >= 15 is 0 Å². The molecule has 20 heavy (non-hydrogen) atoms. The third-order valence-corrected chi connectivity index (χ3v) is 3.47. The van der Waals surface area contributed by atoms with E-state index in [0.717, 1.165) is 22.5 Å². The van der Waals surface area contributed by atoms with Crippen molar-refractivity contribution in [2.75, 3.05) is 0 Å². The van der Waals surface area contributed by atoms with Crippen LogP contribution in [0.2, 0.25) is 0 Å². The van der Waals surface area contributed by atoms with Gasteiger partial charge in [0, 0.05) is 11.1 Å². The normalized spacial score (nSPS) is 10.7. The zero-order chi connectivity index (χ0) is 14.1. The molecule has 3 rings (SSSR count). The second-order valence-electron chi connectivity index (χ2n) is 4.95. The van der Waals surface area contributed by atoms with E-state index in [0.29, 0.717) is 0 Å². The summed E-state index contributed by atoms with van der Waals surface area (Å²) in [5, 5.41) is 2.90. The number of para-hydroxylation sites is 1. The molecule has 1 aromatic heterocycles. The standard InChI is InChI=1S/C17H16N2O/c1-12-8-10-14(11-9-12)16-13(2)17(20)18-19(16)15-6-4-3-5-7-15/h3-11H,1-2H3,(H,18,20). The number of nitrogens with zero attached hydrogens (tertiary/aromatic N) is 1. The molecule has 2 aromatic carbocycles. The van der Waals surface area contributed by atoms with Crippen molar-refractivity contribution in [1.82, 2.24) is 9.78 Å². The molecule has 0 aliphatic heterocycles. The number of aromatic nitrogens is 2. The number of hydrogen-bond acceptors (Lipinski definition) is 1. The lowest BCUT2D eigenvalue weighted by Crippen LogP contribution is -2.05. The van der Waals surface area contributed by atoms with Crippen LogP contribution in [0.1, 0.15) is 11.1 Å². The van der Waals surface area contributed by atoms with E-state index in [4.69, 9.17) is 0 Å². The summed E-state index contributed by atoms with van der Waals surface area (Å²) in [6.07, 6.45) is 0. The Morgan fingerprint density at radius 2 is 1.55 bits per heavy atom. The van der Waals surface area contributed by atoms with Crippen LogP contribution in [-0.4, -0.2) is 9.78 Å². The minimum Gasteiger partial charge on any atom is -0.268 e. The average Bonchev–Trinajstić information content (AvgIpc) is 2.77. The highest BCUT2D eigenvalue weighted by molar-refractivity contribution is 5.65. The van der Waals surface area contributed by atoms with Crippen LogP contribution < -0.4 is 5.56 Å². The lowest BCUT2D eigenvalue weighted by molar-refractivity contribution is 0.871. The van der Waals surface area contributed by atoms with Crippen LogP contribution in [0.3, 0.4) is 0 Å². The Kier molecular flexibility index (Phi) is 3.03. The molecule has 0 aliphatic rings. The number of benzene rings is 2. The van der Waals surface area contributed by atoms with Crippen molar-refractivity contribution in [3.05, 3.63) is 76.1 Å². The Morgan fingerprint density at radius 3 is 2.20 bits per heavy atom. The molecule has 1 heterocycles. The summed E-state index contributed by atoms with van der Waals surface area (Å²) in [5.41, 5.74) is 4.79. The van der Waals surface area contributed by atoms with Gasteiger partial charge in [-0.05, 0) is 26.0 Å². The predicted octanol–water partition coefficient (Wildman–Crippen LogP) is 3.45. The summed E-state index contributed by atoms with van der Waals surface area (Å²) in [4.78, 5) is 12.0. The number of nitrogens with one attached hydrogen (secondary N) is 1. The van der Waals surface area contributed by atoms with Crippen LogP contribution in [-0.2, 0) is 0 Å². The second-order valence-corrected chi connectivity index (χ2v) is 4.95. The largest absolute Gasteiger partial charge is 0.268 e. The monoisotopic (exact) mass is 264 g/mol. The van der Waals surface area contributed by atoms with Crippen molar-refractivity contribution in [3.8, 4) is 16.9 Å². The molecular formula is C17H16N2O. The molecule has 3 aromatic rings. The van der Waals surface area contributed by atoms with Gasteiger partial charge in [0.2, 0.25) is 0 Å². The summed E-state index contributed by atoms with van der Waals surface area (Å²) >= 11 is 0. The molecule has 0 amide bonds. The van der Waals surface area contributed by atoms with Crippen LogP contribution in [0.25, 0.3) is 16.9 Å². The van der Waals surface area contributed by atoms with E-state index in [9.17, 15) is 4.79 Å². The van der Waals surface area contributed by atoms with Gasteiger partial charge >= 0.3 is 0 Å². The summed E-state index contributed by atoms with van der Waals surface area (Å²) in [7, 11) is 0. The van der Waals surface area contributed by atoms with Crippen LogP contribution in [0.5, 0.6) is 0 Å². The molecule has 0 fully saturated rings. The van der Waals surface area contributed by atoms with Crippen LogP contribution in [0.4, 0.5) is 0 Å². The molecule has 100 valence electrons. The van der Waals surface area contributed by atoms with Crippen molar-refractivity contribution < 1.29 is 0 Å². The summed E-state index contributed by atoms with van der Waals surface area (Å²) in [5.74, 6) is 0. The van der Waals surface area contributed by atoms with E-state index in [-0.39, 0.29) is 5.56 Å². The maximum absolute atomic E-state index is 12.0. The van der Waals surface area contributed by atoms with Crippen LogP contribution >= 0.6 is 0 Å². The Morgan fingerprint density at radius 1 is 0.900 bits per heavy atom. The van der Waals surface area contributed by atoms with Gasteiger partial charge in [-0.15, -0.1) is 0 Å². The second kappa shape index (κ2) is 4.85. The van der Waals surface area contributed by atoms with E-state index < -0.39 is 0 Å². The molecule has 0 unspecified atom stereocenters. The first kappa shape index (κ1) is 12.5. The average molecular weight is 264 g/mol.